The predicted octanol–water partition coefficient (Wildman–Crippen LogP) is 7.73. The molecule has 0 spiro atoms. The molecule has 412 valence electrons. The van der Waals surface area contributed by atoms with Gasteiger partial charge in [-0.3, -0.25) is 48.9 Å². The maximum absolute atomic E-state index is 15.7. The lowest BCUT2D eigenvalue weighted by Crippen LogP contribution is -2.43. The highest BCUT2D eigenvalue weighted by Gasteiger charge is 2.38. The number of allylic oxidation sites excluding steroid dienone is 3. The Bertz CT molecular complexity index is 4310. The molecule has 4 heterocycles. The molecule has 0 aliphatic heterocycles. The summed E-state index contributed by atoms with van der Waals surface area (Å²) in [6.45, 7) is 4.86. The minimum atomic E-state index is -1.47. The standard InChI is InChI=1S/C62H62N12O7/c1-7-72(47-27-29-50-52(34-47)59(78)67-65-57(50)76)45-21-13-40(14-22-45)49(39-11-19-43(20-12-39)69(3)4)10-9-31-62(41-15-23-44(24-16-41)70(5)6,74-55(63)36-54-56(61(74)80)71(37-64-54)38-81-33-32-75)42-17-25-46(26-18-42)73(8-2)48-28-30-51-53(35-48)60(79)68-66-58(51)77/h9-31,34-37,75H,7-8,32-33,38,63H2,1-6H3,(H,65,76)(H,66,77)(H,67,78)(H,68,79)/b31-9+,49-10+. The van der Waals surface area contributed by atoms with Gasteiger partial charge in [-0.25, -0.2) is 4.98 Å². The SMILES string of the molecule is CCN(c1ccc(/C(=C/C=C/C(c2ccc(N(C)C)cc2)(c2ccc(N(CC)c3ccc4c(=O)[nH][nH]c(=O)c4c3)cc2)n2c(N)cc3ncn(COCCO)c3c2=O)c2ccc(N(C)C)cc2)cc1)c1ccc2c(=O)[nH][nH]c(=O)c2c1. The Morgan fingerprint density at radius 3 is 1.48 bits per heavy atom. The molecule has 19 heteroatoms. The minimum absolute atomic E-state index is 0.0466. The number of nitrogen functional groups attached to an aromatic ring is 1. The van der Waals surface area contributed by atoms with Crippen molar-refractivity contribution in [1.82, 2.24) is 34.5 Å². The van der Waals surface area contributed by atoms with E-state index in [4.69, 9.17) is 10.5 Å². The molecule has 0 aliphatic carbocycles. The van der Waals surface area contributed by atoms with E-state index in [0.717, 1.165) is 45.1 Å². The number of hydrogen-bond acceptors (Lipinski definition) is 13. The summed E-state index contributed by atoms with van der Waals surface area (Å²) in [5.41, 5.74) is 13.3. The Kier molecular flexibility index (Phi) is 15.3. The van der Waals surface area contributed by atoms with E-state index in [-0.39, 0.29) is 53.0 Å². The number of ether oxygens (including phenoxy) is 1. The van der Waals surface area contributed by atoms with Gasteiger partial charge in [-0.2, -0.15) is 0 Å². The van der Waals surface area contributed by atoms with Gasteiger partial charge in [0.25, 0.3) is 27.8 Å². The van der Waals surface area contributed by atoms with Gasteiger partial charge in [0, 0.05) is 81.5 Å². The molecule has 6 aromatic carbocycles. The number of nitrogens with one attached hydrogen (secondary N) is 4. The van der Waals surface area contributed by atoms with Crippen LogP contribution in [0.15, 0.2) is 188 Å². The second-order valence-electron chi connectivity index (χ2n) is 19.9. The number of aliphatic hydroxyl groups is 1. The number of fused-ring (bicyclic) bond motifs is 3. The van der Waals surface area contributed by atoms with E-state index in [1.165, 1.54) is 6.33 Å². The molecule has 0 saturated carbocycles. The molecular formula is C62H62N12O7. The smallest absolute Gasteiger partial charge is 0.279 e. The fraction of sp³-hybridized carbons (Fsp3) is 0.194. The number of H-pyrrole nitrogens is 4. The third kappa shape index (κ3) is 10.3. The van der Waals surface area contributed by atoms with E-state index in [0.29, 0.717) is 40.8 Å². The molecule has 4 aromatic heterocycles. The van der Waals surface area contributed by atoms with E-state index in [9.17, 15) is 24.3 Å². The Morgan fingerprint density at radius 2 is 1.02 bits per heavy atom. The van der Waals surface area contributed by atoms with Crippen molar-refractivity contribution in [3.63, 3.8) is 0 Å². The van der Waals surface area contributed by atoms with Crippen molar-refractivity contribution in [2.24, 2.45) is 0 Å². The maximum Gasteiger partial charge on any atom is 0.279 e. The van der Waals surface area contributed by atoms with Crippen LogP contribution in [0.4, 0.5) is 39.9 Å². The van der Waals surface area contributed by atoms with Crippen molar-refractivity contribution in [3.05, 3.63) is 238 Å². The number of anilines is 7. The van der Waals surface area contributed by atoms with Crippen molar-refractivity contribution in [3.8, 4) is 0 Å². The number of aromatic amines is 4. The van der Waals surface area contributed by atoms with Gasteiger partial charge in [0.2, 0.25) is 0 Å². The van der Waals surface area contributed by atoms with Gasteiger partial charge in [-0.1, -0.05) is 60.7 Å². The second kappa shape index (κ2) is 22.8. The lowest BCUT2D eigenvalue weighted by atomic mass is 9.81. The zero-order valence-electron chi connectivity index (χ0n) is 45.7. The quantitative estimate of drug-likeness (QED) is 0.0336. The first kappa shape index (κ1) is 54.4. The third-order valence-electron chi connectivity index (χ3n) is 14.7. The van der Waals surface area contributed by atoms with Crippen LogP contribution in [0, 0.1) is 0 Å². The van der Waals surface area contributed by atoms with E-state index in [2.05, 4.69) is 54.5 Å². The van der Waals surface area contributed by atoms with Gasteiger partial charge in [0.15, 0.2) is 0 Å². The summed E-state index contributed by atoms with van der Waals surface area (Å²) in [4.78, 5) is 79.4. The van der Waals surface area contributed by atoms with Crippen LogP contribution in [0.25, 0.3) is 38.2 Å². The molecule has 0 amide bonds. The van der Waals surface area contributed by atoms with Crippen LogP contribution in [0.3, 0.4) is 0 Å². The first-order valence-electron chi connectivity index (χ1n) is 26.4. The second-order valence-corrected chi connectivity index (χ2v) is 19.9. The molecule has 1 unspecified atom stereocenters. The van der Waals surface area contributed by atoms with Crippen LogP contribution >= 0.6 is 0 Å². The summed E-state index contributed by atoms with van der Waals surface area (Å²) >= 11 is 0. The molecular weight excluding hydrogens is 1020 g/mol. The molecule has 10 aromatic rings. The van der Waals surface area contributed by atoms with Crippen molar-refractivity contribution in [2.75, 3.05) is 79.8 Å². The van der Waals surface area contributed by atoms with Gasteiger partial charge in [-0.05, 0) is 133 Å². The summed E-state index contributed by atoms with van der Waals surface area (Å²) in [6, 6.07) is 44.2. The molecule has 81 heavy (non-hydrogen) atoms. The average Bonchev–Trinajstić information content (AvgIpc) is 4.14. The van der Waals surface area contributed by atoms with Crippen molar-refractivity contribution < 1.29 is 9.84 Å². The minimum Gasteiger partial charge on any atom is -0.394 e. The molecule has 0 fully saturated rings. The molecule has 10 rings (SSSR count). The van der Waals surface area contributed by atoms with Crippen LogP contribution in [0.2, 0.25) is 0 Å². The van der Waals surface area contributed by atoms with Crippen LogP contribution in [-0.2, 0) is 17.0 Å². The Balaban J connectivity index is 1.17. The lowest BCUT2D eigenvalue weighted by Gasteiger charge is -2.36. The zero-order chi connectivity index (χ0) is 57.1. The molecule has 0 saturated heterocycles. The number of imidazole rings is 1. The number of aromatic nitrogens is 7. The maximum atomic E-state index is 15.7. The number of rotatable bonds is 19. The highest BCUT2D eigenvalue weighted by molar-refractivity contribution is 5.88. The Labute approximate surface area is 464 Å². The van der Waals surface area contributed by atoms with Gasteiger partial charge in [0.05, 0.1) is 46.6 Å². The average molecular weight is 1090 g/mol. The van der Waals surface area contributed by atoms with Crippen LogP contribution in [0.1, 0.15) is 36.1 Å². The zero-order valence-corrected chi connectivity index (χ0v) is 45.7. The fourth-order valence-corrected chi connectivity index (χ4v) is 10.6. The highest BCUT2D eigenvalue weighted by atomic mass is 16.5. The first-order chi connectivity index (χ1) is 39.1. The summed E-state index contributed by atoms with van der Waals surface area (Å²) < 4.78 is 8.93. The van der Waals surface area contributed by atoms with Gasteiger partial charge in [-0.15, -0.1) is 0 Å². The number of nitrogens with two attached hydrogens (primary N) is 1. The van der Waals surface area contributed by atoms with E-state index < -0.39 is 27.8 Å². The van der Waals surface area contributed by atoms with Gasteiger partial charge >= 0.3 is 0 Å². The summed E-state index contributed by atoms with van der Waals surface area (Å²) in [5.74, 6) is 0.133. The number of hydrogen-bond donors (Lipinski definition) is 6. The normalized spacial score (nSPS) is 12.6. The Morgan fingerprint density at radius 1 is 0.593 bits per heavy atom. The molecule has 1 atom stereocenters. The molecule has 0 bridgehead atoms. The van der Waals surface area contributed by atoms with Gasteiger partial charge < -0.3 is 39.7 Å². The summed E-state index contributed by atoms with van der Waals surface area (Å²) in [7, 11) is 7.89. The number of pyridine rings is 1. The van der Waals surface area contributed by atoms with Gasteiger partial charge in [0.1, 0.15) is 23.6 Å². The molecule has 0 radical (unpaired) electrons. The first-order valence-corrected chi connectivity index (χ1v) is 26.4. The van der Waals surface area contributed by atoms with Crippen molar-refractivity contribution >= 4 is 78.1 Å². The van der Waals surface area contributed by atoms with E-state index in [1.54, 1.807) is 45.5 Å². The topological polar surface area (TPSA) is 240 Å². The highest BCUT2D eigenvalue weighted by Crippen LogP contribution is 2.41. The van der Waals surface area contributed by atoms with Crippen LogP contribution in [-0.4, -0.2) is 94.1 Å². The molecule has 0 aliphatic rings. The largest absolute Gasteiger partial charge is 0.394 e. The summed E-state index contributed by atoms with van der Waals surface area (Å²) in [6.07, 6.45) is 7.49. The monoisotopic (exact) mass is 1090 g/mol. The van der Waals surface area contributed by atoms with Crippen molar-refractivity contribution in [1.29, 1.82) is 0 Å². The lowest BCUT2D eigenvalue weighted by molar-refractivity contribution is 0.0500. The summed E-state index contributed by atoms with van der Waals surface area (Å²) in [5, 5.41) is 20.3. The number of nitrogens with zero attached hydrogens (tertiary/aromatic N) is 7. The number of aliphatic hydroxyl groups excluding tert-OH is 1. The molecule has 19 nitrogen and oxygen atoms in total. The number of benzene rings is 6. The van der Waals surface area contributed by atoms with Crippen LogP contribution < -0.4 is 53.1 Å². The van der Waals surface area contributed by atoms with Crippen LogP contribution in [0.5, 0.6) is 0 Å². The fourth-order valence-electron chi connectivity index (χ4n) is 10.6. The third-order valence-corrected chi connectivity index (χ3v) is 14.7. The van der Waals surface area contributed by atoms with Crippen molar-refractivity contribution in [2.45, 2.75) is 26.1 Å². The van der Waals surface area contributed by atoms with E-state index in [1.807, 2.05) is 154 Å². The molecule has 7 N–H and O–H groups in total. The Hall–Kier alpha value is -9.98. The van der Waals surface area contributed by atoms with E-state index >= 15 is 4.79 Å². The predicted molar refractivity (Wildman–Crippen MR) is 324 cm³/mol.